The number of hydrogen-bond donors (Lipinski definition) is 1. The van der Waals surface area contributed by atoms with Gasteiger partial charge in [-0.25, -0.2) is 0 Å². The van der Waals surface area contributed by atoms with Crippen LogP contribution in [0.25, 0.3) is 0 Å². The van der Waals surface area contributed by atoms with Gasteiger partial charge in [0.2, 0.25) is 11.8 Å². The lowest BCUT2D eigenvalue weighted by Gasteiger charge is -2.34. The molecule has 0 bridgehead atoms. The van der Waals surface area contributed by atoms with E-state index in [9.17, 15) is 37.1 Å². The standard InChI is InChI=1S/C28H27F3N4O6/c29-28(30,31)18-5-1-4-17(16-18)25(38)34-13-11-33(12-14-34)10-3-15-41-21-7-2-6-19-23(21)27(40)35(26(19)39)20-8-9-22(36)32-24(20)37/h1-2,4-7,16,20H,3,8-15H2,(H,32,36,37). The third-order valence-corrected chi connectivity index (χ3v) is 7.40. The summed E-state index contributed by atoms with van der Waals surface area (Å²) in [5, 5.41) is 2.16. The van der Waals surface area contributed by atoms with Crippen molar-refractivity contribution in [3.8, 4) is 5.75 Å². The SMILES string of the molecule is O=C1CCC(N2C(=O)c3cccc(OCCCN4CCN(C(=O)c5cccc(C(F)(F)F)c5)CC4)c3C2=O)C(=O)N1. The Morgan fingerprint density at radius 1 is 0.976 bits per heavy atom. The predicted octanol–water partition coefficient (Wildman–Crippen LogP) is 2.33. The first-order valence-corrected chi connectivity index (χ1v) is 13.2. The summed E-state index contributed by atoms with van der Waals surface area (Å²) in [5.74, 6) is -2.60. The van der Waals surface area contributed by atoms with Crippen molar-refractivity contribution in [2.45, 2.75) is 31.5 Å². The second-order valence-corrected chi connectivity index (χ2v) is 10.0. The Labute approximate surface area is 233 Å². The molecule has 0 spiro atoms. The van der Waals surface area contributed by atoms with Crippen LogP contribution in [0.1, 0.15) is 55.9 Å². The van der Waals surface area contributed by atoms with Crippen LogP contribution in [-0.4, -0.2) is 89.6 Å². The van der Waals surface area contributed by atoms with Crippen molar-refractivity contribution in [2.75, 3.05) is 39.3 Å². The van der Waals surface area contributed by atoms with E-state index < -0.39 is 47.3 Å². The molecule has 1 unspecified atom stereocenters. The molecular weight excluding hydrogens is 545 g/mol. The number of piperazine rings is 1. The third kappa shape index (κ3) is 5.80. The number of nitrogens with zero attached hydrogens (tertiary/aromatic N) is 3. The quantitative estimate of drug-likeness (QED) is 0.400. The minimum Gasteiger partial charge on any atom is -0.493 e. The number of hydrogen-bond acceptors (Lipinski definition) is 7. The van der Waals surface area contributed by atoms with Crippen molar-refractivity contribution in [1.29, 1.82) is 0 Å². The fourth-order valence-corrected chi connectivity index (χ4v) is 5.26. The molecule has 2 aromatic carbocycles. The average Bonchev–Trinajstić information content (AvgIpc) is 3.20. The molecule has 2 aromatic rings. The Hall–Kier alpha value is -4.26. The van der Waals surface area contributed by atoms with Gasteiger partial charge in [0.25, 0.3) is 17.7 Å². The van der Waals surface area contributed by atoms with E-state index in [0.29, 0.717) is 39.1 Å². The van der Waals surface area contributed by atoms with Crippen molar-refractivity contribution >= 4 is 29.5 Å². The molecular formula is C28H27F3N4O6. The van der Waals surface area contributed by atoms with E-state index in [1.165, 1.54) is 23.1 Å². The van der Waals surface area contributed by atoms with Gasteiger partial charge in [0.05, 0.1) is 23.3 Å². The molecule has 3 aliphatic rings. The second-order valence-electron chi connectivity index (χ2n) is 10.0. The van der Waals surface area contributed by atoms with E-state index >= 15 is 0 Å². The molecule has 3 heterocycles. The number of carbonyl (C=O) groups is 5. The third-order valence-electron chi connectivity index (χ3n) is 7.40. The maximum atomic E-state index is 13.2. The van der Waals surface area contributed by atoms with Crippen LogP contribution in [0, 0.1) is 0 Å². The molecule has 10 nitrogen and oxygen atoms in total. The fraction of sp³-hybridized carbons (Fsp3) is 0.393. The van der Waals surface area contributed by atoms with Crippen LogP contribution in [0.15, 0.2) is 42.5 Å². The van der Waals surface area contributed by atoms with Gasteiger partial charge >= 0.3 is 6.18 Å². The molecule has 1 atom stereocenters. The Balaban J connectivity index is 1.12. The number of nitrogens with one attached hydrogen (secondary N) is 1. The molecule has 5 amide bonds. The lowest BCUT2D eigenvalue weighted by molar-refractivity contribution is -0.138. The van der Waals surface area contributed by atoms with Gasteiger partial charge < -0.3 is 9.64 Å². The molecule has 0 aliphatic carbocycles. The lowest BCUT2D eigenvalue weighted by atomic mass is 10.0. The van der Waals surface area contributed by atoms with Gasteiger partial charge in [0.15, 0.2) is 0 Å². The largest absolute Gasteiger partial charge is 0.493 e. The van der Waals surface area contributed by atoms with Crippen LogP contribution in [-0.2, 0) is 15.8 Å². The van der Waals surface area contributed by atoms with Gasteiger partial charge in [-0.3, -0.25) is 39.1 Å². The topological polar surface area (TPSA) is 116 Å². The number of alkyl halides is 3. The van der Waals surface area contributed by atoms with Gasteiger partial charge in [-0.1, -0.05) is 12.1 Å². The van der Waals surface area contributed by atoms with Crippen LogP contribution in [0.5, 0.6) is 5.75 Å². The Morgan fingerprint density at radius 2 is 1.71 bits per heavy atom. The van der Waals surface area contributed by atoms with E-state index in [1.807, 2.05) is 0 Å². The first-order valence-electron chi connectivity index (χ1n) is 13.2. The van der Waals surface area contributed by atoms with Crippen molar-refractivity contribution in [2.24, 2.45) is 0 Å². The summed E-state index contributed by atoms with van der Waals surface area (Å²) in [5.41, 5.74) is -0.635. The summed E-state index contributed by atoms with van der Waals surface area (Å²) in [4.78, 5) is 67.1. The zero-order valence-electron chi connectivity index (χ0n) is 21.9. The molecule has 5 rings (SSSR count). The zero-order chi connectivity index (χ0) is 29.3. The number of carbonyl (C=O) groups excluding carboxylic acids is 5. The van der Waals surface area contributed by atoms with Crippen molar-refractivity contribution in [3.63, 3.8) is 0 Å². The monoisotopic (exact) mass is 572 g/mol. The number of piperidine rings is 1. The van der Waals surface area contributed by atoms with Crippen LogP contribution in [0.4, 0.5) is 13.2 Å². The van der Waals surface area contributed by atoms with Crippen LogP contribution in [0.2, 0.25) is 0 Å². The number of halogens is 3. The smallest absolute Gasteiger partial charge is 0.416 e. The highest BCUT2D eigenvalue weighted by Crippen LogP contribution is 2.34. The van der Waals surface area contributed by atoms with E-state index in [1.54, 1.807) is 12.1 Å². The van der Waals surface area contributed by atoms with E-state index in [-0.39, 0.29) is 41.9 Å². The van der Waals surface area contributed by atoms with E-state index in [0.717, 1.165) is 17.0 Å². The maximum absolute atomic E-state index is 13.2. The molecule has 41 heavy (non-hydrogen) atoms. The van der Waals surface area contributed by atoms with E-state index in [2.05, 4.69) is 10.2 Å². The van der Waals surface area contributed by atoms with Gasteiger partial charge in [0, 0.05) is 44.7 Å². The number of ether oxygens (including phenoxy) is 1. The summed E-state index contributed by atoms with van der Waals surface area (Å²) < 4.78 is 44.9. The summed E-state index contributed by atoms with van der Waals surface area (Å²) in [6, 6.07) is 8.01. The van der Waals surface area contributed by atoms with Crippen LogP contribution < -0.4 is 10.1 Å². The second kappa shape index (κ2) is 11.3. The van der Waals surface area contributed by atoms with Gasteiger partial charge in [-0.2, -0.15) is 13.2 Å². The highest BCUT2D eigenvalue weighted by atomic mass is 19.4. The summed E-state index contributed by atoms with van der Waals surface area (Å²) >= 11 is 0. The number of imide groups is 2. The molecule has 0 radical (unpaired) electrons. The Bertz CT molecular complexity index is 1400. The summed E-state index contributed by atoms with van der Waals surface area (Å²) in [6.45, 7) is 2.68. The summed E-state index contributed by atoms with van der Waals surface area (Å²) in [6.07, 6.45) is -3.86. The molecule has 0 aromatic heterocycles. The predicted molar refractivity (Wildman–Crippen MR) is 137 cm³/mol. The molecule has 13 heteroatoms. The van der Waals surface area contributed by atoms with Crippen molar-refractivity contribution in [3.05, 3.63) is 64.7 Å². The van der Waals surface area contributed by atoms with Gasteiger partial charge in [0.1, 0.15) is 11.8 Å². The highest BCUT2D eigenvalue weighted by molar-refractivity contribution is 6.24. The first-order chi connectivity index (χ1) is 19.5. The van der Waals surface area contributed by atoms with Gasteiger partial charge in [-0.05, 0) is 43.2 Å². The van der Waals surface area contributed by atoms with Gasteiger partial charge in [-0.15, -0.1) is 0 Å². The zero-order valence-corrected chi connectivity index (χ0v) is 21.9. The normalized spacial score (nSPS) is 19.8. The Morgan fingerprint density at radius 3 is 2.41 bits per heavy atom. The molecule has 2 fully saturated rings. The number of benzene rings is 2. The van der Waals surface area contributed by atoms with E-state index in [4.69, 9.17) is 4.74 Å². The maximum Gasteiger partial charge on any atom is 0.416 e. The average molecular weight is 573 g/mol. The minimum atomic E-state index is -4.52. The Kier molecular flexibility index (Phi) is 7.80. The fourth-order valence-electron chi connectivity index (χ4n) is 5.26. The number of amides is 5. The van der Waals surface area contributed by atoms with Crippen LogP contribution in [0.3, 0.4) is 0 Å². The summed E-state index contributed by atoms with van der Waals surface area (Å²) in [7, 11) is 0. The molecule has 0 saturated carbocycles. The molecule has 2 saturated heterocycles. The van der Waals surface area contributed by atoms with Crippen LogP contribution >= 0.6 is 0 Å². The lowest BCUT2D eigenvalue weighted by Crippen LogP contribution is -2.54. The molecule has 216 valence electrons. The molecule has 3 aliphatic heterocycles. The molecule has 1 N–H and O–H groups in total. The highest BCUT2D eigenvalue weighted by Gasteiger charge is 2.46. The number of fused-ring (bicyclic) bond motifs is 1. The number of rotatable bonds is 7. The van der Waals surface area contributed by atoms with Crippen molar-refractivity contribution in [1.82, 2.24) is 20.0 Å². The first kappa shape index (κ1) is 28.3. The van der Waals surface area contributed by atoms with Crippen molar-refractivity contribution < 1.29 is 41.9 Å². The minimum absolute atomic E-state index is 0.00117.